The summed E-state index contributed by atoms with van der Waals surface area (Å²) >= 11 is 0. The van der Waals surface area contributed by atoms with Crippen molar-refractivity contribution in [2.24, 2.45) is 11.8 Å². The van der Waals surface area contributed by atoms with Crippen molar-refractivity contribution in [1.29, 1.82) is 0 Å². The van der Waals surface area contributed by atoms with Gasteiger partial charge in [-0.15, -0.1) is 0 Å². The first-order chi connectivity index (χ1) is 11.3. The van der Waals surface area contributed by atoms with E-state index in [1.165, 1.54) is 103 Å². The summed E-state index contributed by atoms with van der Waals surface area (Å²) in [6.45, 7) is 12.8. The normalized spacial score (nSPS) is 23.0. The van der Waals surface area contributed by atoms with Crippen LogP contribution in [0.5, 0.6) is 0 Å². The highest BCUT2D eigenvalue weighted by atomic mass is 15.1. The third-order valence-corrected chi connectivity index (χ3v) is 5.79. The maximum absolute atomic E-state index is 4.19. The zero-order chi connectivity index (χ0) is 16.8. The fraction of sp³-hybridized carbons (Fsp3) is 0.955. The van der Waals surface area contributed by atoms with E-state index in [4.69, 9.17) is 0 Å². The zero-order valence-electron chi connectivity index (χ0n) is 16.3. The largest absolute Gasteiger partial charge is 0.303 e. The molecule has 1 nitrogen and oxygen atoms in total. The maximum atomic E-state index is 4.19. The molecule has 0 N–H and O–H groups in total. The van der Waals surface area contributed by atoms with Gasteiger partial charge in [0.05, 0.1) is 0 Å². The van der Waals surface area contributed by atoms with Crippen molar-refractivity contribution < 1.29 is 0 Å². The minimum absolute atomic E-state index is 0.922. The lowest BCUT2D eigenvalue weighted by atomic mass is 9.81. The molecule has 2 unspecified atom stereocenters. The van der Waals surface area contributed by atoms with Crippen LogP contribution in [0.4, 0.5) is 0 Å². The molecule has 1 heteroatoms. The predicted molar refractivity (Wildman–Crippen MR) is 105 cm³/mol. The van der Waals surface area contributed by atoms with E-state index < -0.39 is 0 Å². The van der Waals surface area contributed by atoms with Crippen LogP contribution in [0.2, 0.25) is 0 Å². The molecule has 1 radical (unpaired) electrons. The van der Waals surface area contributed by atoms with Crippen LogP contribution in [0, 0.1) is 18.8 Å². The molecule has 2 atom stereocenters. The molecule has 0 bridgehead atoms. The molecule has 0 spiro atoms. The van der Waals surface area contributed by atoms with Crippen LogP contribution in [-0.2, 0) is 0 Å². The van der Waals surface area contributed by atoms with Crippen molar-refractivity contribution in [2.45, 2.75) is 104 Å². The summed E-state index contributed by atoms with van der Waals surface area (Å²) in [6, 6.07) is 0. The lowest BCUT2D eigenvalue weighted by molar-refractivity contribution is 0.245. The van der Waals surface area contributed by atoms with E-state index in [-0.39, 0.29) is 0 Å². The van der Waals surface area contributed by atoms with Gasteiger partial charge in [0.2, 0.25) is 0 Å². The maximum Gasteiger partial charge on any atom is -0.00187 e. The average Bonchev–Trinajstić information content (AvgIpc) is 2.54. The quantitative estimate of drug-likeness (QED) is 0.354. The first kappa shape index (κ1) is 21.0. The van der Waals surface area contributed by atoms with Crippen molar-refractivity contribution in [2.75, 3.05) is 19.6 Å². The highest BCUT2D eigenvalue weighted by Gasteiger charge is 2.17. The Labute approximate surface area is 147 Å². The van der Waals surface area contributed by atoms with E-state index >= 15 is 0 Å². The van der Waals surface area contributed by atoms with Gasteiger partial charge in [-0.2, -0.15) is 0 Å². The lowest BCUT2D eigenvalue weighted by Crippen LogP contribution is -2.27. The van der Waals surface area contributed by atoms with E-state index in [0.717, 1.165) is 18.3 Å². The van der Waals surface area contributed by atoms with Gasteiger partial charge in [0, 0.05) is 0 Å². The lowest BCUT2D eigenvalue weighted by Gasteiger charge is -2.26. The van der Waals surface area contributed by atoms with Crippen LogP contribution < -0.4 is 0 Å². The molecule has 0 saturated heterocycles. The Morgan fingerprint density at radius 3 is 2.00 bits per heavy atom. The Hall–Kier alpha value is -0.0400. The summed E-state index contributed by atoms with van der Waals surface area (Å²) in [5.41, 5.74) is 0. The summed E-state index contributed by atoms with van der Waals surface area (Å²) in [5, 5.41) is 0. The smallest absolute Gasteiger partial charge is 0.00187 e. The van der Waals surface area contributed by atoms with Gasteiger partial charge in [-0.3, -0.25) is 0 Å². The molecule has 137 valence electrons. The highest BCUT2D eigenvalue weighted by Crippen LogP contribution is 2.31. The molecule has 1 saturated carbocycles. The summed E-state index contributed by atoms with van der Waals surface area (Å²) in [5.74, 6) is 1.92. The molecule has 23 heavy (non-hydrogen) atoms. The van der Waals surface area contributed by atoms with Crippen molar-refractivity contribution >= 4 is 0 Å². The third-order valence-electron chi connectivity index (χ3n) is 5.79. The SMILES string of the molecule is [CH2]CC1CCCCCC(CCCCN(CCCC)CCCC)C1. The molecule has 1 aliphatic carbocycles. The summed E-state index contributed by atoms with van der Waals surface area (Å²) in [4.78, 5) is 2.73. The Kier molecular flexibility index (Phi) is 13.1. The van der Waals surface area contributed by atoms with E-state index in [1.54, 1.807) is 0 Å². The number of unbranched alkanes of at least 4 members (excludes halogenated alkanes) is 3. The predicted octanol–water partition coefficient (Wildman–Crippen LogP) is 6.87. The number of nitrogens with zero attached hydrogens (tertiary/aromatic N) is 1. The molecule has 0 aromatic heterocycles. The first-order valence-corrected chi connectivity index (χ1v) is 10.8. The molecule has 0 aromatic carbocycles. The van der Waals surface area contributed by atoms with Gasteiger partial charge in [0.25, 0.3) is 0 Å². The second kappa shape index (κ2) is 14.3. The minimum Gasteiger partial charge on any atom is -0.303 e. The molecular weight excluding hydrogens is 278 g/mol. The van der Waals surface area contributed by atoms with Crippen molar-refractivity contribution in [3.05, 3.63) is 6.92 Å². The van der Waals surface area contributed by atoms with E-state index in [9.17, 15) is 0 Å². The van der Waals surface area contributed by atoms with E-state index in [0.29, 0.717) is 0 Å². The molecule has 0 aromatic rings. The van der Waals surface area contributed by atoms with Crippen LogP contribution in [0.15, 0.2) is 0 Å². The monoisotopic (exact) mass is 322 g/mol. The van der Waals surface area contributed by atoms with Gasteiger partial charge in [-0.1, -0.05) is 85.0 Å². The standard InChI is InChI=1S/C22H44N/c1-4-7-17-23(18-8-5-2)19-13-12-16-22-15-11-9-10-14-21(6-3)20-22/h21-22H,3-20H2,1-2H3. The summed E-state index contributed by atoms with van der Waals surface area (Å²) in [6.07, 6.45) is 19.7. The van der Waals surface area contributed by atoms with E-state index in [1.807, 2.05) is 0 Å². The molecule has 1 aliphatic rings. The van der Waals surface area contributed by atoms with Crippen molar-refractivity contribution in [1.82, 2.24) is 4.90 Å². The number of hydrogen-bond acceptors (Lipinski definition) is 1. The zero-order valence-corrected chi connectivity index (χ0v) is 16.3. The topological polar surface area (TPSA) is 3.24 Å². The fourth-order valence-corrected chi connectivity index (χ4v) is 4.14. The van der Waals surface area contributed by atoms with Crippen LogP contribution >= 0.6 is 0 Å². The second-order valence-electron chi connectivity index (χ2n) is 7.94. The van der Waals surface area contributed by atoms with Gasteiger partial charge in [-0.25, -0.2) is 0 Å². The average molecular weight is 323 g/mol. The van der Waals surface area contributed by atoms with Gasteiger partial charge < -0.3 is 4.90 Å². The van der Waals surface area contributed by atoms with Gasteiger partial charge in [-0.05, 0) is 57.2 Å². The Morgan fingerprint density at radius 1 is 0.783 bits per heavy atom. The van der Waals surface area contributed by atoms with Gasteiger partial charge >= 0.3 is 0 Å². The van der Waals surface area contributed by atoms with Crippen molar-refractivity contribution in [3.63, 3.8) is 0 Å². The molecular formula is C22H44N. The Balaban J connectivity index is 2.21. The molecule has 0 aliphatic heterocycles. The van der Waals surface area contributed by atoms with E-state index in [2.05, 4.69) is 25.7 Å². The summed E-state index contributed by atoms with van der Waals surface area (Å²) in [7, 11) is 0. The van der Waals surface area contributed by atoms with Crippen LogP contribution in [-0.4, -0.2) is 24.5 Å². The Morgan fingerprint density at radius 2 is 1.39 bits per heavy atom. The fourth-order valence-electron chi connectivity index (χ4n) is 4.14. The number of rotatable bonds is 12. The Bertz CT molecular complexity index is 242. The highest BCUT2D eigenvalue weighted by molar-refractivity contribution is 4.71. The van der Waals surface area contributed by atoms with Gasteiger partial charge in [0.15, 0.2) is 0 Å². The molecule has 1 fully saturated rings. The third kappa shape index (κ3) is 10.4. The second-order valence-corrected chi connectivity index (χ2v) is 7.94. The number of hydrogen-bond donors (Lipinski definition) is 0. The molecule has 0 heterocycles. The van der Waals surface area contributed by atoms with Crippen LogP contribution in [0.25, 0.3) is 0 Å². The first-order valence-electron chi connectivity index (χ1n) is 10.8. The van der Waals surface area contributed by atoms with Gasteiger partial charge in [0.1, 0.15) is 0 Å². The summed E-state index contributed by atoms with van der Waals surface area (Å²) < 4.78 is 0. The molecule has 0 amide bonds. The van der Waals surface area contributed by atoms with Crippen LogP contribution in [0.3, 0.4) is 0 Å². The van der Waals surface area contributed by atoms with Crippen LogP contribution in [0.1, 0.15) is 104 Å². The molecule has 1 rings (SSSR count). The minimum atomic E-state index is 0.922. The van der Waals surface area contributed by atoms with Crippen molar-refractivity contribution in [3.8, 4) is 0 Å².